The summed E-state index contributed by atoms with van der Waals surface area (Å²) in [6.45, 7) is 4.58. The first kappa shape index (κ1) is 21.4. The maximum Gasteiger partial charge on any atom is 0.246 e. The van der Waals surface area contributed by atoms with Crippen molar-refractivity contribution in [3.05, 3.63) is 67.1 Å². The molecule has 0 radical (unpaired) electrons. The molecule has 9 nitrogen and oxygen atoms in total. The molecule has 34 heavy (non-hydrogen) atoms. The van der Waals surface area contributed by atoms with Crippen LogP contribution in [-0.2, 0) is 4.79 Å². The van der Waals surface area contributed by atoms with E-state index in [1.807, 2.05) is 0 Å². The minimum atomic E-state index is -0.832. The standard InChI is InChI=1S/C23H19F2N7O2/c1-2-18(33)31-9-8-14(11-31)32-23-19(22(26)28-12-29-23)20(30-32)13-6-7-17(27-10-13)34-21-15(24)4-3-5-16(21)25/h2-7,10,12,14H,1,8-9,11H2,(H2,26,28,29)/t14-/m1/s1. The van der Waals surface area contributed by atoms with E-state index < -0.39 is 17.4 Å². The summed E-state index contributed by atoms with van der Waals surface area (Å²) >= 11 is 0. The Labute approximate surface area is 192 Å². The van der Waals surface area contributed by atoms with Crippen LogP contribution in [0.4, 0.5) is 14.6 Å². The Morgan fingerprint density at radius 2 is 1.97 bits per heavy atom. The molecule has 4 aromatic rings. The van der Waals surface area contributed by atoms with Crippen molar-refractivity contribution >= 4 is 22.8 Å². The van der Waals surface area contributed by atoms with Crippen LogP contribution in [0.5, 0.6) is 11.6 Å². The van der Waals surface area contributed by atoms with Gasteiger partial charge < -0.3 is 15.4 Å². The number of benzene rings is 1. The highest BCUT2D eigenvalue weighted by atomic mass is 19.1. The molecule has 1 atom stereocenters. The maximum atomic E-state index is 13.9. The molecular weight excluding hydrogens is 444 g/mol. The lowest BCUT2D eigenvalue weighted by Crippen LogP contribution is -2.27. The minimum Gasteiger partial charge on any atom is -0.433 e. The van der Waals surface area contributed by atoms with E-state index in [4.69, 9.17) is 15.6 Å². The largest absolute Gasteiger partial charge is 0.433 e. The number of ether oxygens (including phenoxy) is 1. The van der Waals surface area contributed by atoms with Gasteiger partial charge in [-0.3, -0.25) is 4.79 Å². The number of anilines is 1. The fourth-order valence-corrected chi connectivity index (χ4v) is 3.99. The van der Waals surface area contributed by atoms with Crippen molar-refractivity contribution in [3.63, 3.8) is 0 Å². The Morgan fingerprint density at radius 3 is 2.68 bits per heavy atom. The van der Waals surface area contributed by atoms with Gasteiger partial charge in [-0.15, -0.1) is 0 Å². The highest BCUT2D eigenvalue weighted by molar-refractivity contribution is 5.98. The molecule has 0 saturated carbocycles. The molecule has 0 spiro atoms. The van der Waals surface area contributed by atoms with Crippen LogP contribution < -0.4 is 10.5 Å². The molecule has 1 fully saturated rings. The molecule has 172 valence electrons. The second kappa shape index (κ2) is 8.50. The van der Waals surface area contributed by atoms with Gasteiger partial charge in [0, 0.05) is 30.9 Å². The number of hydrogen-bond acceptors (Lipinski definition) is 7. The molecule has 1 aliphatic heterocycles. The van der Waals surface area contributed by atoms with Gasteiger partial charge in [-0.2, -0.15) is 5.10 Å². The van der Waals surface area contributed by atoms with E-state index in [0.29, 0.717) is 41.8 Å². The van der Waals surface area contributed by atoms with Crippen LogP contribution in [0.1, 0.15) is 12.5 Å². The molecule has 4 heterocycles. The molecule has 3 aromatic heterocycles. The van der Waals surface area contributed by atoms with Crippen molar-refractivity contribution in [2.45, 2.75) is 12.5 Å². The topological polar surface area (TPSA) is 112 Å². The summed E-state index contributed by atoms with van der Waals surface area (Å²) in [6, 6.07) is 6.48. The van der Waals surface area contributed by atoms with E-state index in [1.54, 1.807) is 15.6 Å². The van der Waals surface area contributed by atoms with Crippen LogP contribution in [0, 0.1) is 11.6 Å². The zero-order valence-corrected chi connectivity index (χ0v) is 17.9. The Hall–Kier alpha value is -4.41. The molecule has 0 bridgehead atoms. The van der Waals surface area contributed by atoms with Gasteiger partial charge in [0.25, 0.3) is 0 Å². The SMILES string of the molecule is C=CC(=O)N1CC[C@@H](n2nc(-c3ccc(Oc4c(F)cccc4F)nc3)c3c(N)ncnc32)C1. The number of amides is 1. The number of carbonyl (C=O) groups is 1. The molecular formula is C23H19F2N7O2. The van der Waals surface area contributed by atoms with Crippen LogP contribution in [0.15, 0.2) is 55.5 Å². The van der Waals surface area contributed by atoms with E-state index in [1.165, 1.54) is 30.7 Å². The maximum absolute atomic E-state index is 13.9. The van der Waals surface area contributed by atoms with Gasteiger partial charge in [0.1, 0.15) is 17.8 Å². The Morgan fingerprint density at radius 1 is 1.18 bits per heavy atom. The number of rotatable bonds is 5. The molecule has 11 heteroatoms. The summed E-state index contributed by atoms with van der Waals surface area (Å²) in [6.07, 6.45) is 4.81. The molecule has 1 amide bonds. The van der Waals surface area contributed by atoms with Gasteiger partial charge in [0.2, 0.25) is 17.5 Å². The molecule has 1 aromatic carbocycles. The number of carbonyl (C=O) groups excluding carboxylic acids is 1. The number of nitrogens with zero attached hydrogens (tertiary/aromatic N) is 6. The smallest absolute Gasteiger partial charge is 0.246 e. The van der Waals surface area contributed by atoms with Crippen molar-refractivity contribution in [1.29, 1.82) is 0 Å². The van der Waals surface area contributed by atoms with Gasteiger partial charge in [0.05, 0.1) is 11.4 Å². The number of pyridine rings is 1. The Kier molecular flexibility index (Phi) is 5.36. The van der Waals surface area contributed by atoms with E-state index in [2.05, 4.69) is 21.5 Å². The predicted molar refractivity (Wildman–Crippen MR) is 120 cm³/mol. The summed E-state index contributed by atoms with van der Waals surface area (Å²) in [5.41, 5.74) is 7.78. The van der Waals surface area contributed by atoms with Crippen LogP contribution >= 0.6 is 0 Å². The summed E-state index contributed by atoms with van der Waals surface area (Å²) < 4.78 is 34.8. The number of nitrogen functional groups attached to an aromatic ring is 1. The first-order valence-electron chi connectivity index (χ1n) is 10.4. The monoisotopic (exact) mass is 463 g/mol. The molecule has 1 saturated heterocycles. The van der Waals surface area contributed by atoms with Crippen molar-refractivity contribution in [1.82, 2.24) is 29.6 Å². The van der Waals surface area contributed by atoms with Gasteiger partial charge in [-0.05, 0) is 30.7 Å². The number of hydrogen-bond donors (Lipinski definition) is 1. The van der Waals surface area contributed by atoms with E-state index >= 15 is 0 Å². The van der Waals surface area contributed by atoms with Crippen LogP contribution in [0.2, 0.25) is 0 Å². The third-order valence-corrected chi connectivity index (χ3v) is 5.65. The van der Waals surface area contributed by atoms with E-state index in [9.17, 15) is 13.6 Å². The number of para-hydroxylation sites is 1. The van der Waals surface area contributed by atoms with Crippen LogP contribution in [0.25, 0.3) is 22.3 Å². The lowest BCUT2D eigenvalue weighted by Gasteiger charge is -2.14. The van der Waals surface area contributed by atoms with Crippen molar-refractivity contribution in [2.75, 3.05) is 18.8 Å². The summed E-state index contributed by atoms with van der Waals surface area (Å²) in [5, 5.41) is 5.28. The van der Waals surface area contributed by atoms with Gasteiger partial charge in [-0.1, -0.05) is 12.6 Å². The van der Waals surface area contributed by atoms with E-state index in [-0.39, 0.29) is 23.6 Å². The van der Waals surface area contributed by atoms with Gasteiger partial charge in [-0.25, -0.2) is 28.4 Å². The molecule has 0 aliphatic carbocycles. The average molecular weight is 463 g/mol. The number of fused-ring (bicyclic) bond motifs is 1. The zero-order chi connectivity index (χ0) is 23.8. The third-order valence-electron chi connectivity index (χ3n) is 5.65. The fraction of sp³-hybridized carbons (Fsp3) is 0.174. The molecule has 2 N–H and O–H groups in total. The quantitative estimate of drug-likeness (QED) is 0.451. The second-order valence-corrected chi connectivity index (χ2v) is 7.72. The lowest BCUT2D eigenvalue weighted by atomic mass is 10.1. The Bertz CT molecular complexity index is 1380. The van der Waals surface area contributed by atoms with Crippen LogP contribution in [0.3, 0.4) is 0 Å². The lowest BCUT2D eigenvalue weighted by molar-refractivity contribution is -0.125. The molecule has 1 aliphatic rings. The first-order chi connectivity index (χ1) is 16.5. The third kappa shape index (κ3) is 3.70. The Balaban J connectivity index is 1.49. The summed E-state index contributed by atoms with van der Waals surface area (Å²) in [4.78, 5) is 26.3. The normalized spacial score (nSPS) is 15.6. The fourth-order valence-electron chi connectivity index (χ4n) is 3.99. The van der Waals surface area contributed by atoms with Gasteiger partial charge in [0.15, 0.2) is 17.3 Å². The number of aromatic nitrogens is 5. The second-order valence-electron chi connectivity index (χ2n) is 7.72. The molecule has 5 rings (SSSR count). The van der Waals surface area contributed by atoms with E-state index in [0.717, 1.165) is 12.1 Å². The highest BCUT2D eigenvalue weighted by Crippen LogP contribution is 2.34. The summed E-state index contributed by atoms with van der Waals surface area (Å²) in [7, 11) is 0. The predicted octanol–water partition coefficient (Wildman–Crippen LogP) is 3.50. The van der Waals surface area contributed by atoms with Crippen LogP contribution in [-0.4, -0.2) is 48.6 Å². The first-order valence-corrected chi connectivity index (χ1v) is 10.4. The minimum absolute atomic E-state index is 0.00934. The van der Waals surface area contributed by atoms with Crippen molar-refractivity contribution in [3.8, 4) is 22.9 Å². The summed E-state index contributed by atoms with van der Waals surface area (Å²) in [5.74, 6) is -2.08. The van der Waals surface area contributed by atoms with Gasteiger partial charge >= 0.3 is 0 Å². The number of halogens is 2. The molecule has 0 unspecified atom stereocenters. The number of likely N-dealkylation sites (tertiary alicyclic amines) is 1. The van der Waals surface area contributed by atoms with Crippen molar-refractivity contribution < 1.29 is 18.3 Å². The zero-order valence-electron chi connectivity index (χ0n) is 17.9. The highest BCUT2D eigenvalue weighted by Gasteiger charge is 2.30. The number of nitrogens with two attached hydrogens (primary N) is 1. The average Bonchev–Trinajstić information content (AvgIpc) is 3.47. The van der Waals surface area contributed by atoms with Crippen molar-refractivity contribution in [2.24, 2.45) is 0 Å².